The van der Waals surface area contributed by atoms with Gasteiger partial charge in [-0.2, -0.15) is 0 Å². The van der Waals surface area contributed by atoms with Crippen molar-refractivity contribution >= 4 is 0 Å². The van der Waals surface area contributed by atoms with Crippen molar-refractivity contribution in [1.82, 2.24) is 5.32 Å². The molecule has 0 spiro atoms. The Balaban J connectivity index is 1.76. The number of fused-ring (bicyclic) bond motifs is 1. The molecule has 0 radical (unpaired) electrons. The Morgan fingerprint density at radius 2 is 1.81 bits per heavy atom. The highest BCUT2D eigenvalue weighted by Crippen LogP contribution is 2.43. The maximum absolute atomic E-state index is 5.92. The molecule has 1 aliphatic carbocycles. The smallest absolute Gasteiger partial charge is 0.127 e. The molecule has 3 rings (SSSR count). The summed E-state index contributed by atoms with van der Waals surface area (Å²) in [4.78, 5) is 0. The quantitative estimate of drug-likeness (QED) is 0.889. The maximum atomic E-state index is 5.92. The minimum atomic E-state index is 0.450. The van der Waals surface area contributed by atoms with Crippen molar-refractivity contribution < 1.29 is 4.74 Å². The topological polar surface area (TPSA) is 21.3 Å². The minimum Gasteiger partial charge on any atom is -0.493 e. The van der Waals surface area contributed by atoms with E-state index in [1.807, 2.05) is 0 Å². The molecule has 2 nitrogen and oxygen atoms in total. The molecule has 0 amide bonds. The van der Waals surface area contributed by atoms with E-state index in [4.69, 9.17) is 4.74 Å². The van der Waals surface area contributed by atoms with Crippen molar-refractivity contribution in [1.29, 1.82) is 0 Å². The van der Waals surface area contributed by atoms with Gasteiger partial charge in [0, 0.05) is 18.0 Å². The fraction of sp³-hybridized carbons (Fsp3) is 0.684. The van der Waals surface area contributed by atoms with E-state index in [1.54, 1.807) is 0 Å². The largest absolute Gasteiger partial charge is 0.493 e. The van der Waals surface area contributed by atoms with Crippen molar-refractivity contribution in [3.8, 4) is 5.75 Å². The molecule has 1 aliphatic heterocycles. The summed E-state index contributed by atoms with van der Waals surface area (Å²) in [6.45, 7) is 5.60. The number of hydrogen-bond acceptors (Lipinski definition) is 2. The zero-order chi connectivity index (χ0) is 14.8. The molecule has 1 aromatic carbocycles. The van der Waals surface area contributed by atoms with Crippen LogP contribution < -0.4 is 10.1 Å². The van der Waals surface area contributed by atoms with Crippen LogP contribution in [0.5, 0.6) is 5.75 Å². The average Bonchev–Trinajstić information content (AvgIpc) is 2.98. The second kappa shape index (κ2) is 6.39. The van der Waals surface area contributed by atoms with Crippen molar-refractivity contribution in [2.75, 3.05) is 13.7 Å². The van der Waals surface area contributed by atoms with Gasteiger partial charge in [-0.3, -0.25) is 0 Å². The molecule has 1 aromatic rings. The van der Waals surface area contributed by atoms with Crippen LogP contribution >= 0.6 is 0 Å². The maximum Gasteiger partial charge on any atom is 0.127 e. The van der Waals surface area contributed by atoms with Gasteiger partial charge in [0.05, 0.1) is 6.61 Å². The number of para-hydroxylation sites is 1. The molecule has 1 saturated carbocycles. The average molecular weight is 287 g/mol. The van der Waals surface area contributed by atoms with Crippen molar-refractivity contribution in [3.63, 3.8) is 0 Å². The van der Waals surface area contributed by atoms with E-state index in [0.29, 0.717) is 6.04 Å². The van der Waals surface area contributed by atoms with Gasteiger partial charge in [0.25, 0.3) is 0 Å². The third-order valence-corrected chi connectivity index (χ3v) is 5.62. The predicted octanol–water partition coefficient (Wildman–Crippen LogP) is 4.34. The fourth-order valence-electron chi connectivity index (χ4n) is 4.28. The lowest BCUT2D eigenvalue weighted by Crippen LogP contribution is -2.30. The Morgan fingerprint density at radius 3 is 2.48 bits per heavy atom. The molecule has 2 heteroatoms. The van der Waals surface area contributed by atoms with Gasteiger partial charge in [-0.25, -0.2) is 0 Å². The Labute approximate surface area is 129 Å². The van der Waals surface area contributed by atoms with Crippen LogP contribution in [-0.2, 0) is 6.42 Å². The zero-order valence-corrected chi connectivity index (χ0v) is 13.7. The standard InChI is InChI=1S/C19H29NO/c1-13(2)14-7-9-15(10-8-14)18(20-3)17-6-4-5-16-11-12-21-19(16)17/h4-6,13-15,18,20H,7-12H2,1-3H3. The summed E-state index contributed by atoms with van der Waals surface area (Å²) in [6.07, 6.45) is 6.53. The Bertz CT molecular complexity index is 474. The molecule has 116 valence electrons. The second-order valence-electron chi connectivity index (χ2n) is 7.12. The first-order valence-electron chi connectivity index (χ1n) is 8.62. The van der Waals surface area contributed by atoms with E-state index in [2.05, 4.69) is 44.4 Å². The number of hydrogen-bond donors (Lipinski definition) is 1. The lowest BCUT2D eigenvalue weighted by atomic mass is 9.73. The second-order valence-corrected chi connectivity index (χ2v) is 7.12. The van der Waals surface area contributed by atoms with E-state index in [1.165, 1.54) is 42.6 Å². The summed E-state index contributed by atoms with van der Waals surface area (Å²) in [6, 6.07) is 7.13. The number of nitrogens with one attached hydrogen (secondary N) is 1. The molecular formula is C19H29NO. The Hall–Kier alpha value is -1.02. The van der Waals surface area contributed by atoms with Gasteiger partial charge in [-0.05, 0) is 56.0 Å². The molecule has 1 heterocycles. The lowest BCUT2D eigenvalue weighted by Gasteiger charge is -2.36. The van der Waals surface area contributed by atoms with E-state index in [0.717, 1.165) is 30.8 Å². The first-order chi connectivity index (χ1) is 10.2. The molecule has 0 bridgehead atoms. The third-order valence-electron chi connectivity index (χ3n) is 5.62. The fourth-order valence-corrected chi connectivity index (χ4v) is 4.28. The van der Waals surface area contributed by atoms with E-state index in [-0.39, 0.29) is 0 Å². The minimum absolute atomic E-state index is 0.450. The van der Waals surface area contributed by atoms with Crippen LogP contribution in [0.3, 0.4) is 0 Å². The van der Waals surface area contributed by atoms with Crippen LogP contribution in [0.15, 0.2) is 18.2 Å². The number of rotatable bonds is 4. The molecule has 0 aromatic heterocycles. The third kappa shape index (κ3) is 2.96. The zero-order valence-electron chi connectivity index (χ0n) is 13.7. The van der Waals surface area contributed by atoms with Gasteiger partial charge >= 0.3 is 0 Å². The van der Waals surface area contributed by atoms with Crippen LogP contribution in [0, 0.1) is 17.8 Å². The molecule has 2 aliphatic rings. The predicted molar refractivity (Wildman–Crippen MR) is 87.7 cm³/mol. The summed E-state index contributed by atoms with van der Waals surface area (Å²) in [5, 5.41) is 3.58. The van der Waals surface area contributed by atoms with Crippen LogP contribution in [-0.4, -0.2) is 13.7 Å². The first kappa shape index (κ1) is 14.9. The van der Waals surface area contributed by atoms with Crippen molar-refractivity contribution in [3.05, 3.63) is 29.3 Å². The molecule has 1 atom stereocenters. The molecule has 21 heavy (non-hydrogen) atoms. The summed E-state index contributed by atoms with van der Waals surface area (Å²) in [5.74, 6) is 3.68. The Kier molecular flexibility index (Phi) is 4.54. The van der Waals surface area contributed by atoms with E-state index >= 15 is 0 Å². The molecule has 1 fully saturated rings. The van der Waals surface area contributed by atoms with E-state index < -0.39 is 0 Å². The molecular weight excluding hydrogens is 258 g/mol. The normalized spacial score (nSPS) is 26.5. The number of ether oxygens (including phenoxy) is 1. The molecule has 1 unspecified atom stereocenters. The summed E-state index contributed by atoms with van der Waals surface area (Å²) in [7, 11) is 2.10. The van der Waals surface area contributed by atoms with Crippen LogP contribution in [0.4, 0.5) is 0 Å². The summed E-state index contributed by atoms with van der Waals surface area (Å²) >= 11 is 0. The summed E-state index contributed by atoms with van der Waals surface area (Å²) < 4.78 is 5.92. The highest BCUT2D eigenvalue weighted by molar-refractivity contribution is 5.45. The first-order valence-corrected chi connectivity index (χ1v) is 8.62. The lowest BCUT2D eigenvalue weighted by molar-refractivity contribution is 0.191. The van der Waals surface area contributed by atoms with Gasteiger partial charge in [-0.15, -0.1) is 0 Å². The van der Waals surface area contributed by atoms with Gasteiger partial charge in [-0.1, -0.05) is 32.0 Å². The van der Waals surface area contributed by atoms with Gasteiger partial charge in [0.1, 0.15) is 5.75 Å². The molecule has 1 N–H and O–H groups in total. The SMILES string of the molecule is CNC(c1cccc2c1OCC2)C1CCC(C(C)C)CC1. The monoisotopic (exact) mass is 287 g/mol. The van der Waals surface area contributed by atoms with Crippen LogP contribution in [0.2, 0.25) is 0 Å². The van der Waals surface area contributed by atoms with Gasteiger partial charge < -0.3 is 10.1 Å². The summed E-state index contributed by atoms with van der Waals surface area (Å²) in [5.41, 5.74) is 2.78. The molecule has 0 saturated heterocycles. The van der Waals surface area contributed by atoms with Crippen LogP contribution in [0.25, 0.3) is 0 Å². The Morgan fingerprint density at radius 1 is 1.10 bits per heavy atom. The highest BCUT2D eigenvalue weighted by Gasteiger charge is 2.31. The van der Waals surface area contributed by atoms with Crippen molar-refractivity contribution in [2.24, 2.45) is 17.8 Å². The van der Waals surface area contributed by atoms with E-state index in [9.17, 15) is 0 Å². The van der Waals surface area contributed by atoms with Gasteiger partial charge in [0.15, 0.2) is 0 Å². The van der Waals surface area contributed by atoms with Crippen molar-refractivity contribution in [2.45, 2.75) is 52.0 Å². The van der Waals surface area contributed by atoms with Gasteiger partial charge in [0.2, 0.25) is 0 Å². The highest BCUT2D eigenvalue weighted by atomic mass is 16.5. The number of benzene rings is 1. The van der Waals surface area contributed by atoms with Crippen LogP contribution in [0.1, 0.15) is 56.7 Å².